The molecule has 0 heterocycles. The van der Waals surface area contributed by atoms with Crippen molar-refractivity contribution in [1.29, 1.82) is 0 Å². The van der Waals surface area contributed by atoms with Gasteiger partial charge in [-0.1, -0.05) is 18.2 Å². The zero-order valence-electron chi connectivity index (χ0n) is 6.89. The molecule has 0 aromatic heterocycles. The van der Waals surface area contributed by atoms with E-state index >= 15 is 0 Å². The topological polar surface area (TPSA) is 26.0 Å². The summed E-state index contributed by atoms with van der Waals surface area (Å²) < 4.78 is 0. The van der Waals surface area contributed by atoms with Crippen LogP contribution in [0.15, 0.2) is 35.6 Å². The minimum Gasteiger partial charge on any atom is -0.399 e. The van der Waals surface area contributed by atoms with Gasteiger partial charge in [-0.15, -0.1) is 0 Å². The summed E-state index contributed by atoms with van der Waals surface area (Å²) in [6, 6.07) is 0. The Kier molecular flexibility index (Phi) is 4.38. The maximum absolute atomic E-state index is 5.66. The second-order valence-corrected chi connectivity index (χ2v) is 2.14. The molecule has 0 spiro atoms. The maximum atomic E-state index is 5.66. The molecule has 1 heteroatoms. The lowest BCUT2D eigenvalue weighted by Gasteiger charge is -1.95. The van der Waals surface area contributed by atoms with E-state index in [9.17, 15) is 0 Å². The molecule has 0 saturated carbocycles. The molecule has 0 unspecified atom stereocenters. The lowest BCUT2D eigenvalue weighted by Crippen LogP contribution is -1.95. The SMILES string of the molecule is C/C=C/C(C)=C(N)\C=C\C. The Balaban J connectivity index is 4.33. The van der Waals surface area contributed by atoms with Crippen LogP contribution in [-0.4, -0.2) is 0 Å². The van der Waals surface area contributed by atoms with Crippen LogP contribution in [0.5, 0.6) is 0 Å². The third-order valence-corrected chi connectivity index (χ3v) is 1.22. The van der Waals surface area contributed by atoms with Gasteiger partial charge >= 0.3 is 0 Å². The van der Waals surface area contributed by atoms with Gasteiger partial charge in [-0.05, 0) is 32.4 Å². The third-order valence-electron chi connectivity index (χ3n) is 1.22. The Bertz CT molecular complexity index is 153. The number of rotatable bonds is 2. The average molecular weight is 137 g/mol. The summed E-state index contributed by atoms with van der Waals surface area (Å²) >= 11 is 0. The quantitative estimate of drug-likeness (QED) is 0.581. The van der Waals surface area contributed by atoms with E-state index in [1.165, 1.54) is 0 Å². The zero-order chi connectivity index (χ0) is 7.98. The second-order valence-electron chi connectivity index (χ2n) is 2.14. The Labute approximate surface area is 62.9 Å². The van der Waals surface area contributed by atoms with Crippen LogP contribution in [0.25, 0.3) is 0 Å². The molecule has 10 heavy (non-hydrogen) atoms. The first-order valence-corrected chi connectivity index (χ1v) is 3.44. The Morgan fingerprint density at radius 2 is 1.60 bits per heavy atom. The lowest BCUT2D eigenvalue weighted by molar-refractivity contribution is 1.31. The van der Waals surface area contributed by atoms with Gasteiger partial charge in [0.2, 0.25) is 0 Å². The van der Waals surface area contributed by atoms with Crippen molar-refractivity contribution < 1.29 is 0 Å². The van der Waals surface area contributed by atoms with Crippen molar-refractivity contribution in [2.75, 3.05) is 0 Å². The van der Waals surface area contributed by atoms with Crippen LogP contribution < -0.4 is 5.73 Å². The molecule has 0 aromatic rings. The summed E-state index contributed by atoms with van der Waals surface area (Å²) in [6.45, 7) is 5.93. The number of nitrogens with two attached hydrogens (primary N) is 1. The van der Waals surface area contributed by atoms with Gasteiger partial charge in [0.1, 0.15) is 0 Å². The molecule has 0 bridgehead atoms. The fourth-order valence-electron chi connectivity index (χ4n) is 0.657. The first-order chi connectivity index (χ1) is 4.72. The molecule has 0 aliphatic carbocycles. The van der Waals surface area contributed by atoms with Crippen molar-refractivity contribution >= 4 is 0 Å². The largest absolute Gasteiger partial charge is 0.399 e. The van der Waals surface area contributed by atoms with Gasteiger partial charge in [0.05, 0.1) is 0 Å². The molecule has 0 rings (SSSR count). The molecule has 0 atom stereocenters. The van der Waals surface area contributed by atoms with Crippen LogP contribution in [0.1, 0.15) is 20.8 Å². The molecular weight excluding hydrogens is 122 g/mol. The van der Waals surface area contributed by atoms with Crippen molar-refractivity contribution in [2.24, 2.45) is 5.73 Å². The fourth-order valence-corrected chi connectivity index (χ4v) is 0.657. The zero-order valence-corrected chi connectivity index (χ0v) is 6.89. The summed E-state index contributed by atoms with van der Waals surface area (Å²) in [5.74, 6) is 0. The molecule has 0 aliphatic rings. The highest BCUT2D eigenvalue weighted by atomic mass is 14.6. The van der Waals surface area contributed by atoms with E-state index in [4.69, 9.17) is 5.73 Å². The predicted molar refractivity (Wildman–Crippen MR) is 46.5 cm³/mol. The molecule has 0 radical (unpaired) electrons. The van der Waals surface area contributed by atoms with Crippen molar-refractivity contribution in [3.8, 4) is 0 Å². The first-order valence-electron chi connectivity index (χ1n) is 3.44. The maximum Gasteiger partial charge on any atom is 0.0340 e. The van der Waals surface area contributed by atoms with Crippen LogP contribution in [0.3, 0.4) is 0 Å². The Morgan fingerprint density at radius 1 is 1.10 bits per heavy atom. The second kappa shape index (κ2) is 4.86. The summed E-state index contributed by atoms with van der Waals surface area (Å²) in [5.41, 5.74) is 7.60. The van der Waals surface area contributed by atoms with Gasteiger partial charge in [-0.25, -0.2) is 0 Å². The van der Waals surface area contributed by atoms with Gasteiger partial charge in [-0.3, -0.25) is 0 Å². The summed E-state index contributed by atoms with van der Waals surface area (Å²) in [5, 5.41) is 0. The van der Waals surface area contributed by atoms with Gasteiger partial charge in [-0.2, -0.15) is 0 Å². The van der Waals surface area contributed by atoms with Gasteiger partial charge in [0.25, 0.3) is 0 Å². The van der Waals surface area contributed by atoms with Gasteiger partial charge in [0.15, 0.2) is 0 Å². The highest BCUT2D eigenvalue weighted by Crippen LogP contribution is 2.00. The summed E-state index contributed by atoms with van der Waals surface area (Å²) in [7, 11) is 0. The monoisotopic (exact) mass is 137 g/mol. The van der Waals surface area contributed by atoms with E-state index in [2.05, 4.69) is 0 Å². The number of hydrogen-bond acceptors (Lipinski definition) is 1. The van der Waals surface area contributed by atoms with E-state index < -0.39 is 0 Å². The molecule has 56 valence electrons. The molecule has 0 saturated heterocycles. The van der Waals surface area contributed by atoms with Gasteiger partial charge < -0.3 is 5.73 Å². The molecular formula is C9H15N. The predicted octanol–water partition coefficient (Wildman–Crippen LogP) is 2.37. The standard InChI is InChI=1S/C9H15N/c1-4-6-8(3)9(10)7-5-2/h4-7H,10H2,1-3H3/b6-4+,7-5+,9-8+. The van der Waals surface area contributed by atoms with Gasteiger partial charge in [0, 0.05) is 5.70 Å². The molecule has 2 N–H and O–H groups in total. The first kappa shape index (κ1) is 9.02. The normalized spacial score (nSPS) is 14.7. The van der Waals surface area contributed by atoms with E-state index in [0.717, 1.165) is 11.3 Å². The third kappa shape index (κ3) is 3.13. The molecule has 1 nitrogen and oxygen atoms in total. The van der Waals surface area contributed by atoms with E-state index in [0.29, 0.717) is 0 Å². The van der Waals surface area contributed by atoms with Crippen molar-refractivity contribution in [3.05, 3.63) is 35.6 Å². The number of hydrogen-bond donors (Lipinski definition) is 1. The fraction of sp³-hybridized carbons (Fsp3) is 0.333. The molecule has 0 fully saturated rings. The summed E-state index contributed by atoms with van der Waals surface area (Å²) in [4.78, 5) is 0. The van der Waals surface area contributed by atoms with Crippen molar-refractivity contribution in [3.63, 3.8) is 0 Å². The Hall–Kier alpha value is -0.980. The smallest absolute Gasteiger partial charge is 0.0340 e. The minimum atomic E-state index is 0.834. The number of allylic oxidation sites excluding steroid dienone is 5. The van der Waals surface area contributed by atoms with Crippen LogP contribution in [0.2, 0.25) is 0 Å². The van der Waals surface area contributed by atoms with Crippen LogP contribution in [0, 0.1) is 0 Å². The summed E-state index contributed by atoms with van der Waals surface area (Å²) in [6.07, 6.45) is 7.80. The van der Waals surface area contributed by atoms with E-state index in [1.54, 1.807) is 0 Å². The van der Waals surface area contributed by atoms with E-state index in [-0.39, 0.29) is 0 Å². The lowest BCUT2D eigenvalue weighted by atomic mass is 10.2. The molecule has 0 amide bonds. The Morgan fingerprint density at radius 3 is 2.00 bits per heavy atom. The highest BCUT2D eigenvalue weighted by molar-refractivity contribution is 5.28. The van der Waals surface area contributed by atoms with Crippen molar-refractivity contribution in [1.82, 2.24) is 0 Å². The van der Waals surface area contributed by atoms with Crippen LogP contribution >= 0.6 is 0 Å². The molecule has 0 aromatic carbocycles. The van der Waals surface area contributed by atoms with Crippen LogP contribution in [0.4, 0.5) is 0 Å². The van der Waals surface area contributed by atoms with E-state index in [1.807, 2.05) is 45.1 Å². The van der Waals surface area contributed by atoms with Crippen LogP contribution in [-0.2, 0) is 0 Å². The molecule has 0 aliphatic heterocycles. The van der Waals surface area contributed by atoms with Crippen molar-refractivity contribution in [2.45, 2.75) is 20.8 Å². The highest BCUT2D eigenvalue weighted by Gasteiger charge is 1.85. The minimum absolute atomic E-state index is 0.834. The average Bonchev–Trinajstić information content (AvgIpc) is 1.89.